The Hall–Kier alpha value is -1.44. The van der Waals surface area contributed by atoms with Crippen molar-refractivity contribution in [2.75, 3.05) is 26.2 Å². The van der Waals surface area contributed by atoms with E-state index in [2.05, 4.69) is 21.9 Å². The molecule has 0 bridgehead atoms. The van der Waals surface area contributed by atoms with Gasteiger partial charge in [-0.15, -0.1) is 0 Å². The van der Waals surface area contributed by atoms with Crippen molar-refractivity contribution in [3.05, 3.63) is 29.3 Å². The van der Waals surface area contributed by atoms with Crippen LogP contribution in [0.4, 0.5) is 0 Å². The summed E-state index contributed by atoms with van der Waals surface area (Å²) in [6.07, 6.45) is 7.12. The topological polar surface area (TPSA) is 78.5 Å². The van der Waals surface area contributed by atoms with Crippen LogP contribution in [0.1, 0.15) is 56.6 Å². The number of aryl methyl sites for hydroxylation is 2. The number of hydrogen-bond donors (Lipinski definition) is 2. The minimum absolute atomic E-state index is 0.0166. The number of hydrogen-bond acceptors (Lipinski definition) is 4. The normalized spacial score (nSPS) is 18.6. The number of benzene rings is 1. The summed E-state index contributed by atoms with van der Waals surface area (Å²) in [5.74, 6) is 0.0166. The molecular weight excluding hydrogens is 374 g/mol. The lowest BCUT2D eigenvalue weighted by atomic mass is 9.92. The van der Waals surface area contributed by atoms with Crippen LogP contribution in [-0.4, -0.2) is 51.4 Å². The van der Waals surface area contributed by atoms with E-state index in [1.165, 1.54) is 12.0 Å². The summed E-state index contributed by atoms with van der Waals surface area (Å²) in [5.41, 5.74) is 2.43. The number of nitrogens with one attached hydrogen (secondary N) is 2. The zero-order chi connectivity index (χ0) is 20.0. The Balaban J connectivity index is 1.40. The van der Waals surface area contributed by atoms with Gasteiger partial charge in [-0.3, -0.25) is 4.79 Å². The zero-order valence-corrected chi connectivity index (χ0v) is 17.7. The van der Waals surface area contributed by atoms with Crippen LogP contribution in [0.5, 0.6) is 0 Å². The first-order valence-electron chi connectivity index (χ1n) is 10.6. The Labute approximate surface area is 169 Å². The lowest BCUT2D eigenvalue weighted by molar-refractivity contribution is -0.122. The molecule has 1 aromatic rings. The third kappa shape index (κ3) is 5.78. The minimum atomic E-state index is -3.52. The average Bonchev–Trinajstić information content (AvgIpc) is 2.71. The van der Waals surface area contributed by atoms with Crippen LogP contribution in [0.15, 0.2) is 23.1 Å². The van der Waals surface area contributed by atoms with Gasteiger partial charge in [0.05, 0.1) is 4.90 Å². The number of nitrogens with zero attached hydrogens (tertiary/aromatic N) is 1. The van der Waals surface area contributed by atoms with Crippen molar-refractivity contribution in [3.63, 3.8) is 0 Å². The van der Waals surface area contributed by atoms with E-state index >= 15 is 0 Å². The molecular formula is C21H33N3O3S. The van der Waals surface area contributed by atoms with E-state index in [4.69, 9.17) is 0 Å². The van der Waals surface area contributed by atoms with Crippen LogP contribution in [0, 0.1) is 0 Å². The fraction of sp³-hybridized carbons (Fsp3) is 0.667. The molecule has 7 heteroatoms. The Morgan fingerprint density at radius 3 is 2.57 bits per heavy atom. The van der Waals surface area contributed by atoms with Gasteiger partial charge < -0.3 is 10.2 Å². The Kier molecular flexibility index (Phi) is 7.48. The number of carbonyl (C=O) groups excluding carboxylic acids is 1. The zero-order valence-electron chi connectivity index (χ0n) is 16.9. The second-order valence-electron chi connectivity index (χ2n) is 7.92. The molecule has 1 heterocycles. The highest BCUT2D eigenvalue weighted by Gasteiger charge is 2.20. The summed E-state index contributed by atoms with van der Waals surface area (Å²) < 4.78 is 27.7. The quantitative estimate of drug-likeness (QED) is 0.648. The lowest BCUT2D eigenvalue weighted by Crippen LogP contribution is -2.44. The van der Waals surface area contributed by atoms with E-state index in [0.717, 1.165) is 57.3 Å². The van der Waals surface area contributed by atoms with Crippen molar-refractivity contribution in [1.29, 1.82) is 0 Å². The van der Waals surface area contributed by atoms with E-state index < -0.39 is 10.0 Å². The number of amides is 1. The third-order valence-corrected chi connectivity index (χ3v) is 7.36. The summed E-state index contributed by atoms with van der Waals surface area (Å²) in [7, 11) is -3.52. The second-order valence-corrected chi connectivity index (χ2v) is 9.68. The Bertz CT molecular complexity index is 771. The molecule has 0 unspecified atom stereocenters. The number of sulfonamides is 1. The molecule has 1 amide bonds. The number of fused-ring (bicyclic) bond motifs is 1. The molecule has 0 saturated carbocycles. The van der Waals surface area contributed by atoms with Crippen molar-refractivity contribution < 1.29 is 13.2 Å². The van der Waals surface area contributed by atoms with E-state index in [0.29, 0.717) is 17.7 Å². The van der Waals surface area contributed by atoms with Crippen LogP contribution < -0.4 is 10.0 Å². The van der Waals surface area contributed by atoms with E-state index in [9.17, 15) is 13.2 Å². The molecule has 2 N–H and O–H groups in total. The minimum Gasteiger partial charge on any atom is -0.353 e. The summed E-state index contributed by atoms with van der Waals surface area (Å²) in [5, 5.41) is 3.08. The fourth-order valence-corrected chi connectivity index (χ4v) is 5.23. The van der Waals surface area contributed by atoms with Gasteiger partial charge in [0, 0.05) is 32.1 Å². The molecule has 0 radical (unpaired) electrons. The SMILES string of the molecule is CCN1CCC(NC(=O)CCCNS(=O)(=O)c2ccc3c(c2)CCCC3)CC1. The Morgan fingerprint density at radius 2 is 1.86 bits per heavy atom. The van der Waals surface area contributed by atoms with Crippen molar-refractivity contribution in [2.45, 2.75) is 69.2 Å². The Morgan fingerprint density at radius 1 is 1.14 bits per heavy atom. The summed E-state index contributed by atoms with van der Waals surface area (Å²) in [4.78, 5) is 14.8. The molecule has 1 saturated heterocycles. The molecule has 0 spiro atoms. The standard InChI is InChI=1S/C21H33N3O3S/c1-2-24-14-11-19(12-15-24)23-21(25)8-5-13-22-28(26,27)20-10-9-17-6-3-4-7-18(17)16-20/h9-10,16,19,22H,2-8,11-15H2,1H3,(H,23,25). The van der Waals surface area contributed by atoms with Gasteiger partial charge >= 0.3 is 0 Å². The monoisotopic (exact) mass is 407 g/mol. The largest absolute Gasteiger partial charge is 0.353 e. The predicted molar refractivity (Wildman–Crippen MR) is 111 cm³/mol. The highest BCUT2D eigenvalue weighted by molar-refractivity contribution is 7.89. The number of carbonyl (C=O) groups is 1. The maximum absolute atomic E-state index is 12.5. The predicted octanol–water partition coefficient (Wildman–Crippen LogP) is 2.22. The highest BCUT2D eigenvalue weighted by atomic mass is 32.2. The molecule has 0 aromatic heterocycles. The van der Waals surface area contributed by atoms with Crippen molar-refractivity contribution in [1.82, 2.24) is 14.9 Å². The molecule has 6 nitrogen and oxygen atoms in total. The van der Waals surface area contributed by atoms with Gasteiger partial charge in [0.1, 0.15) is 0 Å². The fourth-order valence-electron chi connectivity index (χ4n) is 4.11. The molecule has 1 aliphatic heterocycles. The van der Waals surface area contributed by atoms with E-state index in [-0.39, 0.29) is 18.5 Å². The van der Waals surface area contributed by atoms with Crippen molar-refractivity contribution >= 4 is 15.9 Å². The van der Waals surface area contributed by atoms with Gasteiger partial charge in [-0.2, -0.15) is 0 Å². The first-order chi connectivity index (χ1) is 13.5. The summed E-state index contributed by atoms with van der Waals surface area (Å²) in [6, 6.07) is 5.71. The van der Waals surface area contributed by atoms with Gasteiger partial charge in [-0.1, -0.05) is 13.0 Å². The molecule has 1 aromatic carbocycles. The van der Waals surface area contributed by atoms with Gasteiger partial charge in [0.2, 0.25) is 15.9 Å². The van der Waals surface area contributed by atoms with Crippen LogP contribution >= 0.6 is 0 Å². The molecule has 2 aliphatic rings. The van der Waals surface area contributed by atoms with Crippen LogP contribution in [0.3, 0.4) is 0 Å². The van der Waals surface area contributed by atoms with Crippen molar-refractivity contribution in [2.24, 2.45) is 0 Å². The van der Waals surface area contributed by atoms with Crippen LogP contribution in [-0.2, 0) is 27.7 Å². The van der Waals surface area contributed by atoms with Gasteiger partial charge in [0.25, 0.3) is 0 Å². The summed E-state index contributed by atoms with van der Waals surface area (Å²) in [6.45, 7) is 5.56. The van der Waals surface area contributed by atoms with Crippen LogP contribution in [0.25, 0.3) is 0 Å². The highest BCUT2D eigenvalue weighted by Crippen LogP contribution is 2.24. The van der Waals surface area contributed by atoms with E-state index in [1.807, 2.05) is 12.1 Å². The number of likely N-dealkylation sites (tertiary alicyclic amines) is 1. The maximum atomic E-state index is 12.5. The van der Waals surface area contributed by atoms with Gasteiger partial charge in [-0.05, 0) is 74.8 Å². The third-order valence-electron chi connectivity index (χ3n) is 5.90. The summed E-state index contributed by atoms with van der Waals surface area (Å²) >= 11 is 0. The van der Waals surface area contributed by atoms with Gasteiger partial charge in [0.15, 0.2) is 0 Å². The molecule has 1 fully saturated rings. The number of rotatable bonds is 8. The lowest BCUT2D eigenvalue weighted by Gasteiger charge is -2.31. The average molecular weight is 408 g/mol. The second kappa shape index (κ2) is 9.85. The maximum Gasteiger partial charge on any atom is 0.240 e. The molecule has 1 aliphatic carbocycles. The molecule has 156 valence electrons. The van der Waals surface area contributed by atoms with Gasteiger partial charge in [-0.25, -0.2) is 13.1 Å². The first-order valence-corrected chi connectivity index (χ1v) is 12.1. The first kappa shape index (κ1) is 21.3. The molecule has 28 heavy (non-hydrogen) atoms. The van der Waals surface area contributed by atoms with E-state index in [1.54, 1.807) is 6.07 Å². The van der Waals surface area contributed by atoms with Crippen molar-refractivity contribution in [3.8, 4) is 0 Å². The molecule has 3 rings (SSSR count). The molecule has 0 atom stereocenters. The van der Waals surface area contributed by atoms with Crippen LogP contribution in [0.2, 0.25) is 0 Å². The smallest absolute Gasteiger partial charge is 0.240 e. The number of piperidine rings is 1.